The van der Waals surface area contributed by atoms with Crippen molar-refractivity contribution in [1.82, 2.24) is 4.90 Å². The number of hydrogen-bond donors (Lipinski definition) is 3. The first-order valence-corrected chi connectivity index (χ1v) is 8.22. The minimum Gasteiger partial charge on any atom is -0.395 e. The van der Waals surface area contributed by atoms with Gasteiger partial charge in [-0.25, -0.2) is 8.78 Å². The molecule has 0 unspecified atom stereocenters. The van der Waals surface area contributed by atoms with Gasteiger partial charge in [0.15, 0.2) is 0 Å². The molecule has 3 rings (SSSR count). The van der Waals surface area contributed by atoms with Crippen molar-refractivity contribution in [2.75, 3.05) is 6.61 Å². The third kappa shape index (κ3) is 3.72. The van der Waals surface area contributed by atoms with Gasteiger partial charge in [-0.3, -0.25) is 4.90 Å². The minimum absolute atomic E-state index is 0.0135. The van der Waals surface area contributed by atoms with E-state index in [0.717, 1.165) is 23.8 Å². The van der Waals surface area contributed by atoms with Crippen molar-refractivity contribution in [3.63, 3.8) is 0 Å². The molecule has 1 heterocycles. The van der Waals surface area contributed by atoms with Crippen LogP contribution in [0.15, 0.2) is 48.5 Å². The van der Waals surface area contributed by atoms with Gasteiger partial charge in [0.25, 0.3) is 0 Å². The molecule has 25 heavy (non-hydrogen) atoms. The van der Waals surface area contributed by atoms with E-state index in [1.165, 1.54) is 0 Å². The summed E-state index contributed by atoms with van der Waals surface area (Å²) in [6.07, 6.45) is -1.82. The first-order chi connectivity index (χ1) is 12.0. The fourth-order valence-electron chi connectivity index (χ4n) is 3.50. The molecule has 134 valence electrons. The number of hydrogen-bond acceptors (Lipinski definition) is 4. The topological polar surface area (TPSA) is 63.9 Å². The van der Waals surface area contributed by atoms with Crippen molar-refractivity contribution in [2.24, 2.45) is 0 Å². The fraction of sp³-hybridized carbons (Fsp3) is 0.368. The van der Waals surface area contributed by atoms with Gasteiger partial charge in [-0.15, -0.1) is 0 Å². The molecule has 0 amide bonds. The van der Waals surface area contributed by atoms with Crippen LogP contribution in [-0.4, -0.2) is 51.1 Å². The Bertz CT molecular complexity index is 713. The van der Waals surface area contributed by atoms with Crippen LogP contribution in [0.3, 0.4) is 0 Å². The number of likely N-dealkylation sites (tertiary alicyclic amines) is 1. The number of rotatable bonds is 5. The average Bonchev–Trinajstić information content (AvgIpc) is 2.83. The van der Waals surface area contributed by atoms with E-state index in [9.17, 15) is 24.1 Å². The summed E-state index contributed by atoms with van der Waals surface area (Å²) in [5.74, 6) is -1.12. The van der Waals surface area contributed by atoms with E-state index in [-0.39, 0.29) is 18.7 Å². The van der Waals surface area contributed by atoms with E-state index < -0.39 is 35.9 Å². The van der Waals surface area contributed by atoms with Crippen molar-refractivity contribution in [3.05, 3.63) is 71.3 Å². The van der Waals surface area contributed by atoms with E-state index in [1.54, 1.807) is 4.90 Å². The van der Waals surface area contributed by atoms with Crippen LogP contribution < -0.4 is 0 Å². The van der Waals surface area contributed by atoms with E-state index >= 15 is 0 Å². The zero-order chi connectivity index (χ0) is 18.0. The molecule has 0 aliphatic carbocycles. The van der Waals surface area contributed by atoms with Crippen LogP contribution in [0, 0.1) is 11.6 Å². The molecule has 1 fully saturated rings. The molecule has 1 saturated heterocycles. The van der Waals surface area contributed by atoms with Crippen LogP contribution in [0.1, 0.15) is 11.1 Å². The quantitative estimate of drug-likeness (QED) is 0.765. The highest BCUT2D eigenvalue weighted by atomic mass is 19.1. The molecule has 0 saturated carbocycles. The predicted molar refractivity (Wildman–Crippen MR) is 88.7 cm³/mol. The molecule has 4 atom stereocenters. The Morgan fingerprint density at radius 2 is 1.60 bits per heavy atom. The fourth-order valence-corrected chi connectivity index (χ4v) is 3.50. The van der Waals surface area contributed by atoms with E-state index in [4.69, 9.17) is 0 Å². The van der Waals surface area contributed by atoms with Gasteiger partial charge < -0.3 is 15.3 Å². The molecule has 1 aliphatic rings. The van der Waals surface area contributed by atoms with Gasteiger partial charge in [0.1, 0.15) is 11.6 Å². The molecule has 1 aliphatic heterocycles. The number of halogens is 2. The maximum absolute atomic E-state index is 14.0. The van der Waals surface area contributed by atoms with Crippen LogP contribution >= 0.6 is 0 Å². The second-order valence-electron chi connectivity index (χ2n) is 6.40. The summed E-state index contributed by atoms with van der Waals surface area (Å²) in [4.78, 5) is 1.65. The van der Waals surface area contributed by atoms with Gasteiger partial charge in [0, 0.05) is 18.2 Å². The molecule has 3 N–H and O–H groups in total. The highest BCUT2D eigenvalue weighted by Crippen LogP contribution is 2.30. The lowest BCUT2D eigenvalue weighted by Crippen LogP contribution is -2.42. The Hall–Kier alpha value is -1.86. The summed E-state index contributed by atoms with van der Waals surface area (Å²) in [5, 5.41) is 30.3. The average molecular weight is 349 g/mol. The number of aliphatic hydroxyl groups is 3. The SMILES string of the molecule is OC[C@@H]1[C@@H](O)[C@@H](O)[C@H](Cc2ccccc2)N1Cc1cc(F)ccc1F. The summed E-state index contributed by atoms with van der Waals surface area (Å²) < 4.78 is 27.5. The Balaban J connectivity index is 1.89. The maximum atomic E-state index is 14.0. The van der Waals surface area contributed by atoms with Crippen LogP contribution in [0.5, 0.6) is 0 Å². The van der Waals surface area contributed by atoms with Crippen LogP contribution in [0.25, 0.3) is 0 Å². The highest BCUT2D eigenvalue weighted by Gasteiger charge is 2.47. The van der Waals surface area contributed by atoms with Crippen LogP contribution in [-0.2, 0) is 13.0 Å². The number of aliphatic hydroxyl groups excluding tert-OH is 3. The molecule has 0 radical (unpaired) electrons. The van der Waals surface area contributed by atoms with Crippen LogP contribution in [0.4, 0.5) is 8.78 Å². The summed E-state index contributed by atoms with van der Waals surface area (Å²) in [5.41, 5.74) is 1.07. The lowest BCUT2D eigenvalue weighted by Gasteiger charge is -2.30. The Morgan fingerprint density at radius 1 is 0.920 bits per heavy atom. The predicted octanol–water partition coefficient (Wildman–Crippen LogP) is 1.47. The van der Waals surface area contributed by atoms with Crippen molar-refractivity contribution < 1.29 is 24.1 Å². The molecular formula is C19H21F2NO3. The van der Waals surface area contributed by atoms with Gasteiger partial charge in [-0.2, -0.15) is 0 Å². The smallest absolute Gasteiger partial charge is 0.127 e. The third-order valence-corrected chi connectivity index (χ3v) is 4.83. The van der Waals surface area contributed by atoms with Gasteiger partial charge in [-0.1, -0.05) is 30.3 Å². The minimum atomic E-state index is -1.16. The largest absolute Gasteiger partial charge is 0.395 e. The molecule has 6 heteroatoms. The summed E-state index contributed by atoms with van der Waals surface area (Å²) in [7, 11) is 0. The van der Waals surface area contributed by atoms with Crippen molar-refractivity contribution in [3.8, 4) is 0 Å². The number of nitrogens with zero attached hydrogens (tertiary/aromatic N) is 1. The standard InChI is InChI=1S/C19H21F2NO3/c20-14-6-7-15(21)13(9-14)10-22-16(8-12-4-2-1-3-5-12)18(24)19(25)17(22)11-23/h1-7,9,16-19,23-25H,8,10-11H2/t16-,17+,18-,19+/m0/s1. The van der Waals surface area contributed by atoms with E-state index in [2.05, 4.69) is 0 Å². The summed E-state index contributed by atoms with van der Waals surface area (Å²) in [6.45, 7) is -0.402. The van der Waals surface area contributed by atoms with Gasteiger partial charge in [0.2, 0.25) is 0 Å². The Morgan fingerprint density at radius 3 is 2.28 bits per heavy atom. The molecule has 2 aromatic rings. The lowest BCUT2D eigenvalue weighted by atomic mass is 10.0. The van der Waals surface area contributed by atoms with Gasteiger partial charge in [-0.05, 0) is 30.2 Å². The van der Waals surface area contributed by atoms with E-state index in [0.29, 0.717) is 6.42 Å². The monoisotopic (exact) mass is 349 g/mol. The summed E-state index contributed by atoms with van der Waals surface area (Å²) in [6, 6.07) is 11.3. The van der Waals surface area contributed by atoms with Crippen LogP contribution in [0.2, 0.25) is 0 Å². The lowest BCUT2D eigenvalue weighted by molar-refractivity contribution is 0.0178. The molecule has 2 aromatic carbocycles. The molecule has 0 aromatic heterocycles. The first-order valence-electron chi connectivity index (χ1n) is 8.22. The Kier molecular flexibility index (Phi) is 5.44. The normalized spacial score (nSPS) is 26.9. The molecular weight excluding hydrogens is 328 g/mol. The zero-order valence-corrected chi connectivity index (χ0v) is 13.6. The molecule has 4 nitrogen and oxygen atoms in total. The van der Waals surface area contributed by atoms with Crippen molar-refractivity contribution >= 4 is 0 Å². The third-order valence-electron chi connectivity index (χ3n) is 4.83. The van der Waals surface area contributed by atoms with Gasteiger partial charge >= 0.3 is 0 Å². The second kappa shape index (κ2) is 7.58. The molecule has 0 spiro atoms. The maximum Gasteiger partial charge on any atom is 0.127 e. The number of benzene rings is 2. The highest BCUT2D eigenvalue weighted by molar-refractivity contribution is 5.22. The molecule has 0 bridgehead atoms. The van der Waals surface area contributed by atoms with Crippen molar-refractivity contribution in [2.45, 2.75) is 37.3 Å². The van der Waals surface area contributed by atoms with E-state index in [1.807, 2.05) is 30.3 Å². The second-order valence-corrected chi connectivity index (χ2v) is 6.40. The van der Waals surface area contributed by atoms with Crippen molar-refractivity contribution in [1.29, 1.82) is 0 Å². The zero-order valence-electron chi connectivity index (χ0n) is 13.6. The first kappa shape index (κ1) is 17.9. The van der Waals surface area contributed by atoms with Gasteiger partial charge in [0.05, 0.1) is 24.9 Å². The summed E-state index contributed by atoms with van der Waals surface area (Å²) >= 11 is 0. The Labute approximate surface area is 145 Å².